The molecule has 0 fully saturated rings. The molecule has 0 unspecified atom stereocenters. The third-order valence-electron chi connectivity index (χ3n) is 4.45. The van der Waals surface area contributed by atoms with E-state index in [1.165, 1.54) is 16.7 Å². The van der Waals surface area contributed by atoms with E-state index in [9.17, 15) is 4.79 Å². The number of Topliss-reactive ketones (excluding diaryl/α,β-unsaturated/α-hetero) is 1. The van der Waals surface area contributed by atoms with Gasteiger partial charge in [0.1, 0.15) is 0 Å². The second-order valence-corrected chi connectivity index (χ2v) is 9.40. The number of hydrogen-bond donors (Lipinski definition) is 0. The van der Waals surface area contributed by atoms with Gasteiger partial charge in [-0.25, -0.2) is 4.68 Å². The molecule has 2 heterocycles. The van der Waals surface area contributed by atoms with Crippen LogP contribution in [0, 0.1) is 13.8 Å². The number of benzene rings is 1. The fourth-order valence-corrected chi connectivity index (χ4v) is 4.49. The van der Waals surface area contributed by atoms with E-state index in [-0.39, 0.29) is 11.3 Å². The highest BCUT2D eigenvalue weighted by molar-refractivity contribution is 7.99. The van der Waals surface area contributed by atoms with Crippen LogP contribution in [0.1, 0.15) is 42.5 Å². The van der Waals surface area contributed by atoms with Crippen molar-refractivity contribution in [1.29, 1.82) is 0 Å². The van der Waals surface area contributed by atoms with Crippen molar-refractivity contribution in [3.05, 3.63) is 47.3 Å². The minimum absolute atomic E-state index is 0.0776. The van der Waals surface area contributed by atoms with Crippen molar-refractivity contribution >= 4 is 29.3 Å². The Labute approximate surface area is 174 Å². The molecule has 28 heavy (non-hydrogen) atoms. The maximum absolute atomic E-state index is 12.9. The van der Waals surface area contributed by atoms with E-state index in [1.54, 1.807) is 16.4 Å². The number of carbonyl (C=O) groups excluding carboxylic acids is 1. The van der Waals surface area contributed by atoms with Gasteiger partial charge in [0.15, 0.2) is 5.78 Å². The Morgan fingerprint density at radius 3 is 2.61 bits per heavy atom. The Balaban J connectivity index is 1.83. The van der Waals surface area contributed by atoms with Crippen molar-refractivity contribution in [3.8, 4) is 5.69 Å². The zero-order valence-electron chi connectivity index (χ0n) is 17.1. The van der Waals surface area contributed by atoms with Gasteiger partial charge in [-0.15, -0.1) is 16.9 Å². The summed E-state index contributed by atoms with van der Waals surface area (Å²) in [5.74, 6) is 0.375. The van der Waals surface area contributed by atoms with Gasteiger partial charge in [-0.3, -0.25) is 4.79 Å². The number of aromatic nitrogens is 5. The third kappa shape index (κ3) is 4.17. The molecule has 0 aliphatic heterocycles. The van der Waals surface area contributed by atoms with E-state index in [0.717, 1.165) is 22.6 Å². The number of rotatable bonds is 6. The maximum atomic E-state index is 12.9. The monoisotopic (exact) mass is 415 g/mol. The average molecular weight is 416 g/mol. The molecule has 3 rings (SSSR count). The molecule has 2 aromatic heterocycles. The summed E-state index contributed by atoms with van der Waals surface area (Å²) in [6.45, 7) is 10.1. The Morgan fingerprint density at radius 2 is 1.93 bits per heavy atom. The molecule has 148 valence electrons. The Hall–Kier alpha value is -2.06. The van der Waals surface area contributed by atoms with Gasteiger partial charge in [0, 0.05) is 27.5 Å². The van der Waals surface area contributed by atoms with Gasteiger partial charge in [-0.1, -0.05) is 17.8 Å². The van der Waals surface area contributed by atoms with Crippen LogP contribution in [0.2, 0.25) is 0 Å². The number of hydrogen-bond acceptors (Lipinski definition) is 6. The van der Waals surface area contributed by atoms with E-state index < -0.39 is 0 Å². The predicted octanol–water partition coefficient (Wildman–Crippen LogP) is 4.53. The van der Waals surface area contributed by atoms with E-state index in [0.29, 0.717) is 10.9 Å². The molecular weight excluding hydrogens is 390 g/mol. The molecule has 0 radical (unpaired) electrons. The van der Waals surface area contributed by atoms with Gasteiger partial charge in [0.25, 0.3) is 0 Å². The highest BCUT2D eigenvalue weighted by Crippen LogP contribution is 2.27. The number of ketones is 1. The van der Waals surface area contributed by atoms with Crippen molar-refractivity contribution < 1.29 is 4.79 Å². The SMILES string of the molecule is CSc1cccc(-n2c(C)cc(C(=O)CSc3nnnn3C(C)(C)C)c2C)c1. The van der Waals surface area contributed by atoms with E-state index in [4.69, 9.17) is 0 Å². The summed E-state index contributed by atoms with van der Waals surface area (Å²) in [5, 5.41) is 12.5. The standard InChI is InChI=1S/C20H25N5OS2/c1-13-10-17(14(2)24(13)15-8-7-9-16(11-15)27-6)18(26)12-28-19-21-22-23-25(19)20(3,4)5/h7-11H,12H2,1-6H3. The van der Waals surface area contributed by atoms with Crippen LogP contribution in [0.15, 0.2) is 40.4 Å². The molecular formula is C20H25N5OS2. The van der Waals surface area contributed by atoms with Crippen LogP contribution in [-0.2, 0) is 5.54 Å². The van der Waals surface area contributed by atoms with Crippen LogP contribution in [-0.4, -0.2) is 42.6 Å². The highest BCUT2D eigenvalue weighted by atomic mass is 32.2. The minimum Gasteiger partial charge on any atom is -0.318 e. The summed E-state index contributed by atoms with van der Waals surface area (Å²) < 4.78 is 3.89. The number of tetrazole rings is 1. The van der Waals surface area contributed by atoms with Crippen molar-refractivity contribution in [3.63, 3.8) is 0 Å². The van der Waals surface area contributed by atoms with E-state index in [1.807, 2.05) is 46.8 Å². The lowest BCUT2D eigenvalue weighted by Gasteiger charge is -2.19. The van der Waals surface area contributed by atoms with Crippen LogP contribution in [0.5, 0.6) is 0 Å². The second kappa shape index (κ2) is 8.13. The normalized spacial score (nSPS) is 11.8. The van der Waals surface area contributed by atoms with E-state index >= 15 is 0 Å². The predicted molar refractivity (Wildman–Crippen MR) is 115 cm³/mol. The van der Waals surface area contributed by atoms with Crippen LogP contribution in [0.25, 0.3) is 5.69 Å². The second-order valence-electron chi connectivity index (χ2n) is 7.58. The molecule has 0 N–H and O–H groups in total. The Bertz CT molecular complexity index is 1000. The highest BCUT2D eigenvalue weighted by Gasteiger charge is 2.22. The number of carbonyl (C=O) groups is 1. The molecule has 0 aliphatic rings. The van der Waals surface area contributed by atoms with Crippen molar-refractivity contribution in [2.24, 2.45) is 0 Å². The zero-order valence-corrected chi connectivity index (χ0v) is 18.7. The van der Waals surface area contributed by atoms with Crippen LogP contribution < -0.4 is 0 Å². The fourth-order valence-electron chi connectivity index (χ4n) is 3.09. The topological polar surface area (TPSA) is 65.6 Å². The molecule has 3 aromatic rings. The molecule has 0 atom stereocenters. The van der Waals surface area contributed by atoms with Crippen LogP contribution >= 0.6 is 23.5 Å². The summed E-state index contributed by atoms with van der Waals surface area (Å²) in [7, 11) is 0. The smallest absolute Gasteiger partial charge is 0.210 e. The van der Waals surface area contributed by atoms with Gasteiger partial charge >= 0.3 is 0 Å². The van der Waals surface area contributed by atoms with Crippen molar-refractivity contribution in [2.45, 2.75) is 50.2 Å². The first-order valence-corrected chi connectivity index (χ1v) is 11.2. The largest absolute Gasteiger partial charge is 0.318 e. The molecule has 0 saturated carbocycles. The van der Waals surface area contributed by atoms with Crippen LogP contribution in [0.4, 0.5) is 0 Å². The Morgan fingerprint density at radius 1 is 1.18 bits per heavy atom. The molecule has 1 aromatic carbocycles. The zero-order chi connectivity index (χ0) is 20.5. The number of nitrogens with zero attached hydrogens (tertiary/aromatic N) is 5. The van der Waals surface area contributed by atoms with Crippen molar-refractivity contribution in [2.75, 3.05) is 12.0 Å². The van der Waals surface area contributed by atoms with Gasteiger partial charge in [-0.05, 0) is 75.6 Å². The van der Waals surface area contributed by atoms with E-state index in [2.05, 4.69) is 44.5 Å². The first-order valence-electron chi connectivity index (χ1n) is 9.00. The number of aryl methyl sites for hydroxylation is 1. The summed E-state index contributed by atoms with van der Waals surface area (Å²) in [4.78, 5) is 14.1. The average Bonchev–Trinajstić information content (AvgIpc) is 3.24. The summed E-state index contributed by atoms with van der Waals surface area (Å²) >= 11 is 3.08. The van der Waals surface area contributed by atoms with Crippen molar-refractivity contribution in [1.82, 2.24) is 24.8 Å². The summed E-state index contributed by atoms with van der Waals surface area (Å²) in [6.07, 6.45) is 2.06. The lowest BCUT2D eigenvalue weighted by Crippen LogP contribution is -2.24. The van der Waals surface area contributed by atoms with Gasteiger partial charge in [0.2, 0.25) is 5.16 Å². The minimum atomic E-state index is -0.229. The molecule has 0 aliphatic carbocycles. The molecule has 0 saturated heterocycles. The molecule has 0 spiro atoms. The first-order chi connectivity index (χ1) is 13.2. The molecule has 6 nitrogen and oxygen atoms in total. The van der Waals surface area contributed by atoms with Gasteiger partial charge in [0.05, 0.1) is 11.3 Å². The molecule has 0 bridgehead atoms. The van der Waals surface area contributed by atoms with Crippen LogP contribution in [0.3, 0.4) is 0 Å². The summed E-state index contributed by atoms with van der Waals surface area (Å²) in [5.41, 5.74) is 3.59. The Kier molecular flexibility index (Phi) is 6.00. The lowest BCUT2D eigenvalue weighted by molar-refractivity contribution is 0.102. The lowest BCUT2D eigenvalue weighted by atomic mass is 10.1. The molecule has 8 heteroatoms. The molecule has 0 amide bonds. The maximum Gasteiger partial charge on any atom is 0.210 e. The van der Waals surface area contributed by atoms with Gasteiger partial charge in [-0.2, -0.15) is 0 Å². The fraction of sp³-hybridized carbons (Fsp3) is 0.400. The van der Waals surface area contributed by atoms with Gasteiger partial charge < -0.3 is 4.57 Å². The third-order valence-corrected chi connectivity index (χ3v) is 6.10. The number of thioether (sulfide) groups is 2. The quantitative estimate of drug-likeness (QED) is 0.435. The summed E-state index contributed by atoms with van der Waals surface area (Å²) in [6, 6.07) is 10.3. The first kappa shape index (κ1) is 20.7.